The van der Waals surface area contributed by atoms with Gasteiger partial charge in [0, 0.05) is 69.2 Å². The lowest BCUT2D eigenvalue weighted by atomic mass is 9.79. The highest BCUT2D eigenvalue weighted by Crippen LogP contribution is 2.40. The van der Waals surface area contributed by atoms with Gasteiger partial charge in [0.15, 0.2) is 12.6 Å². The minimum Gasteiger partial charge on any atom is -0.459 e. The molecule has 5 N–H and O–H groups in total. The normalized spacial score (nSPS) is 39.2. The summed E-state index contributed by atoms with van der Waals surface area (Å²) in [6.07, 6.45) is -7.91. The van der Waals surface area contributed by atoms with Gasteiger partial charge < -0.3 is 68.5 Å². The van der Waals surface area contributed by atoms with Crippen molar-refractivity contribution in [2.45, 2.75) is 209 Å². The minimum absolute atomic E-state index is 0.0897. The second-order valence-corrected chi connectivity index (χ2v) is 22.3. The van der Waals surface area contributed by atoms with Gasteiger partial charge in [-0.2, -0.15) is 0 Å². The highest BCUT2D eigenvalue weighted by molar-refractivity contribution is 7.99. The van der Waals surface area contributed by atoms with E-state index in [1.54, 1.807) is 80.6 Å². The van der Waals surface area contributed by atoms with Crippen LogP contribution in [0.15, 0.2) is 35.4 Å². The van der Waals surface area contributed by atoms with Crippen LogP contribution in [0.1, 0.15) is 118 Å². The first kappa shape index (κ1) is 59.5. The maximum absolute atomic E-state index is 14.8. The number of halogens is 1. The standard InChI is InChI=1S/C51H86FN5O13S/c1-15-39-51(10,63)44(59)32(6)55(11)24-22-49(8,62)46(30(4)42(31(5)47(61)68-39)69-40-26-50(9,65-14)45(60)33(7)67-40)70-48-41(58)37(25-29(3)66-48)56(12)23-21-35-28-57(54-53-35)38(27-52)43(64-13)34-17-19-36(20-18-34)71-16-2/h17-20,28-33,37-46,48,58-60,62-63H,15-16,21-27H2,1-14H3/t29-,30+,31-,32-,33+,37+,38-,39-,40+,41-,42+,43-,44-,45+,46-,48+,49-,50-,51-/m1/s1. The summed E-state index contributed by atoms with van der Waals surface area (Å²) in [5, 5.41) is 68.0. The van der Waals surface area contributed by atoms with Crippen molar-refractivity contribution in [2.24, 2.45) is 11.8 Å². The molecule has 0 saturated carbocycles. The van der Waals surface area contributed by atoms with Crippen LogP contribution >= 0.6 is 11.8 Å². The van der Waals surface area contributed by atoms with Crippen LogP contribution in [0.25, 0.3) is 0 Å². The van der Waals surface area contributed by atoms with Gasteiger partial charge in [0.25, 0.3) is 0 Å². The molecule has 3 aliphatic rings. The van der Waals surface area contributed by atoms with Gasteiger partial charge in [-0.25, -0.2) is 9.07 Å². The quantitative estimate of drug-likeness (QED) is 0.109. The Labute approximate surface area is 425 Å². The van der Waals surface area contributed by atoms with Gasteiger partial charge in [0.1, 0.15) is 48.8 Å². The zero-order valence-electron chi connectivity index (χ0n) is 44.5. The van der Waals surface area contributed by atoms with Crippen molar-refractivity contribution in [3.8, 4) is 0 Å². The first-order chi connectivity index (χ1) is 33.4. The Morgan fingerprint density at radius 1 is 1.00 bits per heavy atom. The second kappa shape index (κ2) is 25.4. The van der Waals surface area contributed by atoms with Crippen LogP contribution < -0.4 is 0 Å². The summed E-state index contributed by atoms with van der Waals surface area (Å²) in [6, 6.07) is 6.04. The predicted molar refractivity (Wildman–Crippen MR) is 265 cm³/mol. The van der Waals surface area contributed by atoms with Gasteiger partial charge >= 0.3 is 5.97 Å². The molecule has 0 aliphatic carbocycles. The third-order valence-electron chi connectivity index (χ3n) is 15.6. The number of hydrogen-bond donors (Lipinski definition) is 5. The largest absolute Gasteiger partial charge is 0.459 e. The van der Waals surface area contributed by atoms with Crippen molar-refractivity contribution in [3.63, 3.8) is 0 Å². The third kappa shape index (κ3) is 13.9. The minimum atomic E-state index is -1.85. The molecule has 2 aromatic rings. The average Bonchev–Trinajstić information content (AvgIpc) is 3.81. The van der Waals surface area contributed by atoms with Crippen LogP contribution in [-0.4, -0.2) is 200 Å². The fourth-order valence-electron chi connectivity index (χ4n) is 10.6. The van der Waals surface area contributed by atoms with Gasteiger partial charge in [-0.15, -0.1) is 16.9 Å². The molecule has 0 amide bonds. The Balaban J connectivity index is 1.42. The summed E-state index contributed by atoms with van der Waals surface area (Å²) in [6.45, 7) is 17.4. The summed E-state index contributed by atoms with van der Waals surface area (Å²) in [7, 11) is 6.71. The smallest absolute Gasteiger partial charge is 0.311 e. The Morgan fingerprint density at radius 2 is 1.68 bits per heavy atom. The first-order valence-electron chi connectivity index (χ1n) is 25.4. The molecule has 0 radical (unpaired) electrons. The predicted octanol–water partition coefficient (Wildman–Crippen LogP) is 4.48. The summed E-state index contributed by atoms with van der Waals surface area (Å²) in [5.41, 5.74) is -3.15. The lowest BCUT2D eigenvalue weighted by Gasteiger charge is -2.49. The number of aliphatic hydroxyl groups excluding tert-OH is 3. The lowest BCUT2D eigenvalue weighted by molar-refractivity contribution is -0.318. The number of thioether (sulfide) groups is 1. The topological polar surface area (TPSA) is 220 Å². The van der Waals surface area contributed by atoms with Crippen LogP contribution in [-0.2, 0) is 44.4 Å². The molecule has 3 saturated heterocycles. The van der Waals surface area contributed by atoms with E-state index in [4.69, 9.17) is 33.2 Å². The monoisotopic (exact) mass is 1030 g/mol. The molecule has 71 heavy (non-hydrogen) atoms. The van der Waals surface area contributed by atoms with Crippen molar-refractivity contribution in [2.75, 3.05) is 53.8 Å². The average molecular weight is 1030 g/mol. The number of benzene rings is 1. The maximum Gasteiger partial charge on any atom is 0.311 e. The number of nitrogens with zero attached hydrogens (tertiary/aromatic N) is 5. The summed E-state index contributed by atoms with van der Waals surface area (Å²) in [5.74, 6) is -1.69. The molecule has 0 spiro atoms. The Bertz CT molecular complexity index is 1950. The number of alkyl halides is 1. The van der Waals surface area contributed by atoms with Crippen molar-refractivity contribution < 1.29 is 67.9 Å². The first-order valence-corrected chi connectivity index (χ1v) is 26.3. The van der Waals surface area contributed by atoms with E-state index < -0.39 is 127 Å². The molecule has 1 aromatic carbocycles. The van der Waals surface area contributed by atoms with Crippen molar-refractivity contribution in [1.82, 2.24) is 24.8 Å². The molecule has 3 aliphatic heterocycles. The number of aromatic nitrogens is 3. The van der Waals surface area contributed by atoms with Gasteiger partial charge in [-0.1, -0.05) is 38.1 Å². The number of ether oxygens (including phenoxy) is 7. The highest BCUT2D eigenvalue weighted by atomic mass is 32.2. The number of aliphatic hydroxyl groups is 5. The SMILES string of the molecule is CCSc1ccc([C@@H](OC)[C@@H](CF)n2cc(CCN(C)[C@H]3C[C@@H](C)O[C@@H](O[C@@H]4[C@@H](C)[C@H](O[C@H]5C[C@@](C)(OC)[C@@H](O)[C@H](C)O5)[C@@H](C)C(=O)O[C@H](CC)[C@@](C)(O)[C@H](O)[C@@H](C)N(C)CC[C@@]4(C)O)[C@@H]3O)nn2)cc1. The highest BCUT2D eigenvalue weighted by Gasteiger charge is 2.53. The van der Waals surface area contributed by atoms with Gasteiger partial charge in [-0.3, -0.25) is 4.79 Å². The number of esters is 1. The molecule has 19 atom stereocenters. The lowest BCUT2D eigenvalue weighted by Crippen LogP contribution is -2.62. The molecule has 1 aromatic heterocycles. The van der Waals surface area contributed by atoms with E-state index in [0.29, 0.717) is 25.1 Å². The Hall–Kier alpha value is -2.41. The second-order valence-electron chi connectivity index (χ2n) is 21.0. The molecule has 406 valence electrons. The van der Waals surface area contributed by atoms with Crippen molar-refractivity contribution in [3.05, 3.63) is 41.7 Å². The van der Waals surface area contributed by atoms with Crippen LogP contribution in [0.5, 0.6) is 0 Å². The fraction of sp³-hybridized carbons (Fsp3) is 0.824. The van der Waals surface area contributed by atoms with E-state index >= 15 is 0 Å². The fourth-order valence-corrected chi connectivity index (χ4v) is 11.3. The summed E-state index contributed by atoms with van der Waals surface area (Å²) < 4.78 is 60.1. The van der Waals surface area contributed by atoms with E-state index in [0.717, 1.165) is 16.2 Å². The van der Waals surface area contributed by atoms with Crippen LogP contribution in [0.3, 0.4) is 0 Å². The zero-order chi connectivity index (χ0) is 52.7. The van der Waals surface area contributed by atoms with E-state index in [1.807, 2.05) is 48.0 Å². The third-order valence-corrected chi connectivity index (χ3v) is 16.5. The molecule has 0 unspecified atom stereocenters. The number of carbonyl (C=O) groups is 1. The Morgan fingerprint density at radius 3 is 2.28 bits per heavy atom. The molecular formula is C51H86FN5O13S. The van der Waals surface area contributed by atoms with E-state index in [-0.39, 0.29) is 25.8 Å². The molecule has 0 bridgehead atoms. The van der Waals surface area contributed by atoms with Crippen molar-refractivity contribution >= 4 is 17.7 Å². The van der Waals surface area contributed by atoms with E-state index in [9.17, 15) is 34.7 Å². The molecule has 3 fully saturated rings. The number of cyclic esters (lactones) is 1. The van der Waals surface area contributed by atoms with Crippen LogP contribution in [0.2, 0.25) is 0 Å². The molecule has 20 heteroatoms. The van der Waals surface area contributed by atoms with Crippen molar-refractivity contribution in [1.29, 1.82) is 0 Å². The maximum atomic E-state index is 14.8. The molecule has 18 nitrogen and oxygen atoms in total. The zero-order valence-corrected chi connectivity index (χ0v) is 45.3. The van der Waals surface area contributed by atoms with Crippen LogP contribution in [0.4, 0.5) is 4.39 Å². The van der Waals surface area contributed by atoms with Gasteiger partial charge in [-0.05, 0) is 105 Å². The number of likely N-dealkylation sites (N-methyl/N-ethyl adjacent to an activating group) is 2. The van der Waals surface area contributed by atoms with Crippen LogP contribution in [0, 0.1) is 11.8 Å². The molecular weight excluding hydrogens is 942 g/mol. The van der Waals surface area contributed by atoms with Gasteiger partial charge in [0.2, 0.25) is 0 Å². The van der Waals surface area contributed by atoms with E-state index in [2.05, 4.69) is 17.2 Å². The Kier molecular flexibility index (Phi) is 21.3. The number of rotatable bonds is 17. The number of methoxy groups -OCH3 is 2. The number of carbonyl (C=O) groups excluding carboxylic acids is 1. The number of hydrogen-bond acceptors (Lipinski definition) is 18. The summed E-state index contributed by atoms with van der Waals surface area (Å²) in [4.78, 5) is 19.3. The summed E-state index contributed by atoms with van der Waals surface area (Å²) >= 11 is 1.72. The molecule has 5 rings (SSSR count). The van der Waals surface area contributed by atoms with E-state index in [1.165, 1.54) is 18.7 Å². The molecule has 4 heterocycles. The van der Waals surface area contributed by atoms with Gasteiger partial charge in [0.05, 0.1) is 47.2 Å².